The Morgan fingerprint density at radius 2 is 1.81 bits per heavy atom. The van der Waals surface area contributed by atoms with E-state index in [4.69, 9.17) is 10.8 Å². The van der Waals surface area contributed by atoms with Crippen LogP contribution in [0.4, 0.5) is 11.4 Å². The van der Waals surface area contributed by atoms with Crippen LogP contribution in [0.15, 0.2) is 18.2 Å². The molecule has 0 aromatic heterocycles. The summed E-state index contributed by atoms with van der Waals surface area (Å²) in [6.45, 7) is 2.65. The molecule has 0 amide bonds. The Hall–Kier alpha value is -2.22. The van der Waals surface area contributed by atoms with Crippen molar-refractivity contribution < 1.29 is 15.0 Å². The van der Waals surface area contributed by atoms with Crippen molar-refractivity contribution in [3.63, 3.8) is 0 Å². The molecule has 0 unspecified atom stereocenters. The van der Waals surface area contributed by atoms with E-state index in [2.05, 4.69) is 0 Å². The van der Waals surface area contributed by atoms with Gasteiger partial charge in [0.2, 0.25) is 0 Å². The van der Waals surface area contributed by atoms with E-state index < -0.39 is 27.0 Å². The van der Waals surface area contributed by atoms with Gasteiger partial charge in [0.25, 0.3) is 5.69 Å². The lowest BCUT2D eigenvalue weighted by molar-refractivity contribution is -0.394. The lowest BCUT2D eigenvalue weighted by Crippen LogP contribution is -1.92. The third-order valence-electron chi connectivity index (χ3n) is 1.37. The minimum atomic E-state index is -0.887. The van der Waals surface area contributed by atoms with E-state index >= 15 is 0 Å². The summed E-state index contributed by atoms with van der Waals surface area (Å²) in [7, 11) is 0. The van der Waals surface area contributed by atoms with Gasteiger partial charge in [-0.25, -0.2) is 0 Å². The van der Waals surface area contributed by atoms with Gasteiger partial charge < -0.3 is 10.8 Å². The Morgan fingerprint density at radius 1 is 1.31 bits per heavy atom. The van der Waals surface area contributed by atoms with E-state index in [9.17, 15) is 20.2 Å². The minimum Gasteiger partial charge on any atom is -0.502 e. The first-order valence-electron chi connectivity index (χ1n) is 4.25. The smallest absolute Gasteiger partial charge is 0.317 e. The molecule has 0 bridgehead atoms. The molecular weight excluding hydrogens is 218 g/mol. The lowest BCUT2D eigenvalue weighted by Gasteiger charge is -1.94. The summed E-state index contributed by atoms with van der Waals surface area (Å²) in [5.41, 5.74) is 3.75. The molecule has 1 aromatic carbocycles. The van der Waals surface area contributed by atoms with Crippen LogP contribution in [0.5, 0.6) is 5.75 Å². The van der Waals surface area contributed by atoms with E-state index in [1.165, 1.54) is 0 Å². The Bertz CT molecular complexity index is 393. The van der Waals surface area contributed by atoms with Crippen LogP contribution in [0, 0.1) is 20.2 Å². The van der Waals surface area contributed by atoms with Crippen LogP contribution in [0.3, 0.4) is 0 Å². The highest BCUT2D eigenvalue weighted by Gasteiger charge is 2.18. The number of nitrogens with zero attached hydrogens (tertiary/aromatic N) is 2. The van der Waals surface area contributed by atoms with Crippen LogP contribution in [0.25, 0.3) is 0 Å². The molecule has 0 radical (unpaired) electrons. The number of phenolic OH excluding ortho intramolecular Hbond substituents is 1. The highest BCUT2D eigenvalue weighted by atomic mass is 16.6. The van der Waals surface area contributed by atoms with Gasteiger partial charge in [0.05, 0.1) is 15.9 Å². The molecule has 0 heterocycles. The van der Waals surface area contributed by atoms with Gasteiger partial charge in [-0.05, 0) is 12.6 Å². The van der Waals surface area contributed by atoms with Crippen LogP contribution in [-0.2, 0) is 0 Å². The van der Waals surface area contributed by atoms with Crippen molar-refractivity contribution in [2.24, 2.45) is 5.73 Å². The Kier molecular flexibility index (Phi) is 5.42. The fourth-order valence-corrected chi connectivity index (χ4v) is 0.772. The number of phenols is 1. The summed E-state index contributed by atoms with van der Waals surface area (Å²) in [5.74, 6) is -0.587. The molecule has 16 heavy (non-hydrogen) atoms. The van der Waals surface area contributed by atoms with Gasteiger partial charge in [-0.3, -0.25) is 20.2 Å². The number of hydrogen-bond donors (Lipinski definition) is 2. The number of hydrogen-bond acceptors (Lipinski definition) is 6. The third kappa shape index (κ3) is 3.88. The summed E-state index contributed by atoms with van der Waals surface area (Å²) >= 11 is 0. The van der Waals surface area contributed by atoms with Gasteiger partial charge in [0.15, 0.2) is 5.75 Å². The van der Waals surface area contributed by atoms with Crippen LogP contribution in [-0.4, -0.2) is 21.5 Å². The summed E-state index contributed by atoms with van der Waals surface area (Å²) in [6.07, 6.45) is 0. The number of rotatable bonds is 2. The van der Waals surface area contributed by atoms with Gasteiger partial charge in [-0.15, -0.1) is 0 Å². The van der Waals surface area contributed by atoms with Gasteiger partial charge in [0, 0.05) is 6.07 Å². The van der Waals surface area contributed by atoms with Crippen molar-refractivity contribution in [1.82, 2.24) is 0 Å². The predicted octanol–water partition coefficient (Wildman–Crippen LogP) is 1.17. The highest BCUT2D eigenvalue weighted by Crippen LogP contribution is 2.29. The molecule has 3 N–H and O–H groups in total. The topological polar surface area (TPSA) is 133 Å². The molecule has 8 nitrogen and oxygen atoms in total. The van der Waals surface area contributed by atoms with E-state index in [-0.39, 0.29) is 0 Å². The number of nitro groups is 2. The average Bonchev–Trinajstić information content (AvgIpc) is 2.18. The second-order valence-corrected chi connectivity index (χ2v) is 2.60. The second-order valence-electron chi connectivity index (χ2n) is 2.60. The van der Waals surface area contributed by atoms with Crippen LogP contribution >= 0.6 is 0 Å². The molecule has 0 saturated carbocycles. The number of nitrogens with two attached hydrogens (primary N) is 1. The number of aromatic hydroxyl groups is 1. The van der Waals surface area contributed by atoms with Crippen LogP contribution in [0.1, 0.15) is 6.92 Å². The van der Waals surface area contributed by atoms with Gasteiger partial charge in [-0.1, -0.05) is 6.92 Å². The van der Waals surface area contributed by atoms with Crippen molar-refractivity contribution >= 4 is 11.4 Å². The molecule has 88 valence electrons. The molecule has 0 spiro atoms. The quantitative estimate of drug-likeness (QED) is 0.577. The number of non-ortho nitro benzene ring substituents is 1. The summed E-state index contributed by atoms with van der Waals surface area (Å²) in [6, 6.07) is 2.61. The largest absolute Gasteiger partial charge is 0.502 e. The van der Waals surface area contributed by atoms with Crippen LogP contribution in [0.2, 0.25) is 0 Å². The standard InChI is InChI=1S/C6H4N2O5.C2H7N/c9-6-2-1-4(7(10)11)3-5(6)8(12)13;1-2-3/h1-3,9H;2-3H2,1H3. The molecule has 0 saturated heterocycles. The average molecular weight is 229 g/mol. The van der Waals surface area contributed by atoms with Gasteiger partial charge in [0.1, 0.15) is 0 Å². The Morgan fingerprint density at radius 3 is 2.19 bits per heavy atom. The number of benzene rings is 1. The van der Waals surface area contributed by atoms with Crippen LogP contribution < -0.4 is 5.73 Å². The van der Waals surface area contributed by atoms with Crippen molar-refractivity contribution in [2.75, 3.05) is 6.54 Å². The van der Waals surface area contributed by atoms with Crippen molar-refractivity contribution in [3.05, 3.63) is 38.4 Å². The van der Waals surface area contributed by atoms with Crippen molar-refractivity contribution in [2.45, 2.75) is 6.92 Å². The third-order valence-corrected chi connectivity index (χ3v) is 1.37. The molecule has 1 rings (SSSR count). The highest BCUT2D eigenvalue weighted by molar-refractivity contribution is 5.52. The lowest BCUT2D eigenvalue weighted by atomic mass is 10.2. The maximum atomic E-state index is 10.2. The van der Waals surface area contributed by atoms with Gasteiger partial charge in [-0.2, -0.15) is 0 Å². The molecule has 0 aliphatic heterocycles. The summed E-state index contributed by atoms with van der Waals surface area (Å²) in [5, 5.41) is 29.3. The predicted molar refractivity (Wildman–Crippen MR) is 56.1 cm³/mol. The minimum absolute atomic E-state index is 0.426. The molecule has 0 atom stereocenters. The zero-order valence-electron chi connectivity index (χ0n) is 8.49. The molecule has 0 aliphatic carbocycles. The monoisotopic (exact) mass is 229 g/mol. The molecule has 8 heteroatoms. The maximum absolute atomic E-state index is 10.2. The summed E-state index contributed by atoms with van der Waals surface area (Å²) < 4.78 is 0. The van der Waals surface area contributed by atoms with Crippen molar-refractivity contribution in [1.29, 1.82) is 0 Å². The fraction of sp³-hybridized carbons (Fsp3) is 0.250. The van der Waals surface area contributed by atoms with E-state index in [0.717, 1.165) is 18.7 Å². The SMILES string of the molecule is CCN.O=[N+]([O-])c1ccc(O)c([N+](=O)[O-])c1. The van der Waals surface area contributed by atoms with E-state index in [1.54, 1.807) is 0 Å². The first-order chi connectivity index (χ1) is 7.43. The maximum Gasteiger partial charge on any atom is 0.317 e. The Labute approximate surface area is 90.6 Å². The normalized spacial score (nSPS) is 8.88. The zero-order valence-corrected chi connectivity index (χ0v) is 8.49. The van der Waals surface area contributed by atoms with Crippen molar-refractivity contribution in [3.8, 4) is 5.75 Å². The molecular formula is C8H11N3O5. The fourth-order valence-electron chi connectivity index (χ4n) is 0.772. The second kappa shape index (κ2) is 6.30. The molecule has 0 fully saturated rings. The first kappa shape index (κ1) is 13.8. The zero-order chi connectivity index (χ0) is 12.7. The Balaban J connectivity index is 0.000000673. The summed E-state index contributed by atoms with van der Waals surface area (Å²) in [4.78, 5) is 18.7. The van der Waals surface area contributed by atoms with E-state index in [1.807, 2.05) is 6.92 Å². The van der Waals surface area contributed by atoms with E-state index in [0.29, 0.717) is 6.07 Å². The first-order valence-corrected chi connectivity index (χ1v) is 4.25. The molecule has 1 aromatic rings. The number of nitro benzene ring substituents is 2. The molecule has 0 aliphatic rings. The van der Waals surface area contributed by atoms with Gasteiger partial charge >= 0.3 is 5.69 Å².